The van der Waals surface area contributed by atoms with Crippen molar-refractivity contribution in [2.45, 2.75) is 221 Å². The summed E-state index contributed by atoms with van der Waals surface area (Å²) in [6.45, 7) is 15.2. The molecule has 1 unspecified atom stereocenters. The Balaban J connectivity index is 0.000000342. The first-order chi connectivity index (χ1) is 24.4. The van der Waals surface area contributed by atoms with E-state index in [9.17, 15) is 5.11 Å². The second kappa shape index (κ2) is 25.1. The number of carboxylic acid groups (broad SMARTS) is 2. The van der Waals surface area contributed by atoms with Gasteiger partial charge in [-0.15, -0.1) is 0 Å². The molecule has 4 aliphatic rings. The van der Waals surface area contributed by atoms with E-state index in [4.69, 9.17) is 20.1 Å². The standard InChI is InChI=1S/C27H46O.C18H38O.CH2O3/c1-18(2)7-6-8-19(3)23-11-12-24-22-10-9-20-17-21(28)13-15-26(20,4)25(22)14-16-27(23,24)5;1-2-3-4-5-6-7-8-9-10-11-12-13-14-15-16-17-18-19;2-1(3)4/h9,18-19,21-25,28H,6-8,10-17H2,1-5H3;19H,2-18H2,1H3;(H2,2,3,4)/t19?,21-,22-,23+,24-,25-,26-,27+;;/m0../s1. The van der Waals surface area contributed by atoms with Crippen LogP contribution in [-0.4, -0.2) is 39.3 Å². The maximum atomic E-state index is 10.2. The van der Waals surface area contributed by atoms with Crippen LogP contribution in [-0.2, 0) is 0 Å². The van der Waals surface area contributed by atoms with Crippen molar-refractivity contribution in [3.63, 3.8) is 0 Å². The van der Waals surface area contributed by atoms with Crippen LogP contribution in [0.4, 0.5) is 4.79 Å². The van der Waals surface area contributed by atoms with Gasteiger partial charge in [-0.1, -0.05) is 169 Å². The monoisotopic (exact) mass is 719 g/mol. The number of fused-ring (bicyclic) bond motifs is 5. The van der Waals surface area contributed by atoms with Gasteiger partial charge in [0.05, 0.1) is 6.10 Å². The smallest absolute Gasteiger partial charge is 0.450 e. The molecule has 5 nitrogen and oxygen atoms in total. The first-order valence-corrected chi connectivity index (χ1v) is 22.3. The quantitative estimate of drug-likeness (QED) is 0.0699. The zero-order valence-corrected chi connectivity index (χ0v) is 34.6. The van der Waals surface area contributed by atoms with Gasteiger partial charge in [0.25, 0.3) is 0 Å². The lowest BCUT2D eigenvalue weighted by molar-refractivity contribution is -0.0573. The molecule has 8 atom stereocenters. The number of rotatable bonds is 21. The van der Waals surface area contributed by atoms with Crippen LogP contribution in [0.1, 0.15) is 215 Å². The van der Waals surface area contributed by atoms with Crippen LogP contribution in [0, 0.1) is 46.3 Å². The van der Waals surface area contributed by atoms with Gasteiger partial charge in [0.2, 0.25) is 0 Å². The first-order valence-electron chi connectivity index (χ1n) is 22.3. The largest absolute Gasteiger partial charge is 0.503 e. The molecular formula is C46H86O5. The highest BCUT2D eigenvalue weighted by Gasteiger charge is 2.59. The highest BCUT2D eigenvalue weighted by Crippen LogP contribution is 2.67. The number of aliphatic hydroxyl groups is 2. The van der Waals surface area contributed by atoms with E-state index in [-0.39, 0.29) is 6.10 Å². The molecule has 4 rings (SSSR count). The molecule has 0 bridgehead atoms. The highest BCUT2D eigenvalue weighted by atomic mass is 16.6. The first kappa shape index (κ1) is 46.1. The fraction of sp³-hybridized carbons (Fsp3) is 0.935. The van der Waals surface area contributed by atoms with Crippen LogP contribution in [0.3, 0.4) is 0 Å². The Morgan fingerprint density at radius 2 is 1.25 bits per heavy atom. The highest BCUT2D eigenvalue weighted by molar-refractivity contribution is 5.53. The summed E-state index contributed by atoms with van der Waals surface area (Å²) in [6, 6.07) is 0. The van der Waals surface area contributed by atoms with E-state index in [0.29, 0.717) is 17.4 Å². The van der Waals surface area contributed by atoms with E-state index in [1.165, 1.54) is 154 Å². The summed E-state index contributed by atoms with van der Waals surface area (Å²) in [5, 5.41) is 32.8. The minimum atomic E-state index is -1.83. The molecule has 0 aromatic rings. The summed E-state index contributed by atoms with van der Waals surface area (Å²) >= 11 is 0. The minimum Gasteiger partial charge on any atom is -0.450 e. The average molecular weight is 719 g/mol. The van der Waals surface area contributed by atoms with Gasteiger partial charge in [-0.25, -0.2) is 4.79 Å². The molecule has 0 amide bonds. The van der Waals surface area contributed by atoms with Crippen LogP contribution in [0.2, 0.25) is 0 Å². The van der Waals surface area contributed by atoms with E-state index in [0.717, 1.165) is 54.8 Å². The Morgan fingerprint density at radius 1 is 0.725 bits per heavy atom. The summed E-state index contributed by atoms with van der Waals surface area (Å²) < 4.78 is 0. The van der Waals surface area contributed by atoms with Crippen LogP contribution in [0.5, 0.6) is 0 Å². The predicted molar refractivity (Wildman–Crippen MR) is 216 cm³/mol. The normalized spacial score (nSPS) is 30.1. The van der Waals surface area contributed by atoms with E-state index in [1.54, 1.807) is 5.57 Å². The fourth-order valence-electron chi connectivity index (χ4n) is 11.3. The van der Waals surface area contributed by atoms with Crippen molar-refractivity contribution < 1.29 is 25.2 Å². The Morgan fingerprint density at radius 3 is 1.76 bits per heavy atom. The van der Waals surface area contributed by atoms with Gasteiger partial charge in [0, 0.05) is 6.61 Å². The molecule has 0 saturated heterocycles. The second-order valence-electron chi connectivity index (χ2n) is 18.5. The molecule has 0 aromatic heterocycles. The molecule has 0 aromatic carbocycles. The Kier molecular flexibility index (Phi) is 22.7. The van der Waals surface area contributed by atoms with Gasteiger partial charge in [-0.05, 0) is 104 Å². The van der Waals surface area contributed by atoms with E-state index >= 15 is 0 Å². The average Bonchev–Trinajstić information content (AvgIpc) is 3.44. The molecular weight excluding hydrogens is 633 g/mol. The van der Waals surface area contributed by atoms with E-state index in [1.807, 2.05) is 0 Å². The van der Waals surface area contributed by atoms with Gasteiger partial charge >= 0.3 is 6.16 Å². The SMILES string of the molecule is CC(C)CCCC(C)[C@H]1CC[C@H]2[C@@H]3CC=C4C[C@@H](O)CC[C@]4(C)[C@H]3CC[C@]12C.CCCCCCCCCCCCCCCCCCO.O=C(O)O. The second-order valence-corrected chi connectivity index (χ2v) is 18.5. The molecule has 4 N–H and O–H groups in total. The van der Waals surface area contributed by atoms with Crippen LogP contribution in [0.25, 0.3) is 0 Å². The molecule has 0 spiro atoms. The van der Waals surface area contributed by atoms with Crippen molar-refractivity contribution in [1.29, 1.82) is 0 Å². The van der Waals surface area contributed by atoms with Crippen molar-refractivity contribution in [3.8, 4) is 0 Å². The van der Waals surface area contributed by atoms with Gasteiger partial charge in [0.1, 0.15) is 0 Å². The lowest BCUT2D eigenvalue weighted by Crippen LogP contribution is -2.50. The third kappa shape index (κ3) is 15.7. The molecule has 5 heteroatoms. The Hall–Kier alpha value is -1.07. The molecule has 0 heterocycles. The van der Waals surface area contributed by atoms with Crippen molar-refractivity contribution in [2.75, 3.05) is 6.61 Å². The summed E-state index contributed by atoms with van der Waals surface area (Å²) in [4.78, 5) is 8.56. The third-order valence-corrected chi connectivity index (χ3v) is 14.3. The molecule has 3 fully saturated rings. The molecule has 51 heavy (non-hydrogen) atoms. The van der Waals surface area contributed by atoms with E-state index < -0.39 is 6.16 Å². The van der Waals surface area contributed by atoms with Gasteiger partial charge in [0.15, 0.2) is 0 Å². The molecule has 0 aliphatic heterocycles. The predicted octanol–water partition coefficient (Wildman–Crippen LogP) is 13.9. The Bertz CT molecular complexity index is 926. The minimum absolute atomic E-state index is 0.0766. The van der Waals surface area contributed by atoms with Crippen molar-refractivity contribution in [2.24, 2.45) is 46.3 Å². The van der Waals surface area contributed by atoms with Crippen LogP contribution in [0.15, 0.2) is 11.6 Å². The third-order valence-electron chi connectivity index (χ3n) is 14.3. The number of unbranched alkanes of at least 4 members (excludes halogenated alkanes) is 15. The van der Waals surface area contributed by atoms with Gasteiger partial charge in [-0.2, -0.15) is 0 Å². The van der Waals surface area contributed by atoms with Crippen LogP contribution >= 0.6 is 0 Å². The molecule has 4 aliphatic carbocycles. The molecule has 3 saturated carbocycles. The summed E-state index contributed by atoms with van der Waals surface area (Å²) in [5.41, 5.74) is 2.60. The lowest BCUT2D eigenvalue weighted by atomic mass is 9.47. The topological polar surface area (TPSA) is 98.0 Å². The van der Waals surface area contributed by atoms with Crippen molar-refractivity contribution in [1.82, 2.24) is 0 Å². The molecule has 0 radical (unpaired) electrons. The van der Waals surface area contributed by atoms with Crippen LogP contribution < -0.4 is 0 Å². The fourth-order valence-corrected chi connectivity index (χ4v) is 11.3. The van der Waals surface area contributed by atoms with Crippen molar-refractivity contribution >= 4 is 6.16 Å². The number of allylic oxidation sites excluding steroid dienone is 1. The maximum absolute atomic E-state index is 10.2. The maximum Gasteiger partial charge on any atom is 0.503 e. The van der Waals surface area contributed by atoms with Gasteiger partial charge < -0.3 is 20.4 Å². The summed E-state index contributed by atoms with van der Waals surface area (Å²) in [6.07, 6.45) is 37.5. The number of carbonyl (C=O) groups is 1. The Labute approximate surface area is 316 Å². The van der Waals surface area contributed by atoms with E-state index in [2.05, 4.69) is 47.6 Å². The number of hydrogen-bond donors (Lipinski definition) is 4. The zero-order chi connectivity index (χ0) is 37.7. The number of hydrogen-bond acceptors (Lipinski definition) is 3. The van der Waals surface area contributed by atoms with Gasteiger partial charge in [-0.3, -0.25) is 0 Å². The summed E-state index contributed by atoms with van der Waals surface area (Å²) in [7, 11) is 0. The number of aliphatic hydroxyl groups excluding tert-OH is 2. The zero-order valence-electron chi connectivity index (χ0n) is 34.6. The molecule has 300 valence electrons. The summed E-state index contributed by atoms with van der Waals surface area (Å²) in [5.74, 6) is 5.46. The van der Waals surface area contributed by atoms with Crippen molar-refractivity contribution in [3.05, 3.63) is 11.6 Å². The lowest BCUT2D eigenvalue weighted by Gasteiger charge is -2.58.